The number of aromatic hydroxyl groups is 1. The van der Waals surface area contributed by atoms with Gasteiger partial charge in [0, 0.05) is 24.8 Å². The number of hydrogen-bond donors (Lipinski definition) is 1. The Kier molecular flexibility index (Phi) is 9.40. The molecule has 13 heteroatoms. The van der Waals surface area contributed by atoms with Gasteiger partial charge in [-0.15, -0.1) is 0 Å². The molecule has 5 rings (SSSR count). The maximum Gasteiger partial charge on any atom is 0.247 e. The molecule has 1 aromatic carbocycles. The van der Waals surface area contributed by atoms with Crippen LogP contribution in [0.25, 0.3) is 0 Å². The zero-order valence-corrected chi connectivity index (χ0v) is 25.4. The van der Waals surface area contributed by atoms with Crippen molar-refractivity contribution >= 4 is 20.0 Å². The quantitative estimate of drug-likeness (QED) is 0.216. The molecule has 0 fully saturated rings. The van der Waals surface area contributed by atoms with Gasteiger partial charge in [0.1, 0.15) is 9.79 Å². The number of aromatic nitrogens is 4. The second kappa shape index (κ2) is 13.4. The molecule has 0 saturated heterocycles. The van der Waals surface area contributed by atoms with Gasteiger partial charge in [-0.05, 0) is 73.2 Å². The summed E-state index contributed by atoms with van der Waals surface area (Å²) in [6, 6.07) is 23.0. The number of aryl methyl sites for hydroxylation is 1. The van der Waals surface area contributed by atoms with Gasteiger partial charge in [-0.2, -0.15) is 8.61 Å². The van der Waals surface area contributed by atoms with Crippen molar-refractivity contribution < 1.29 is 21.9 Å². The lowest BCUT2D eigenvalue weighted by atomic mass is 10.2. The second-order valence-electron chi connectivity index (χ2n) is 9.94. The molecule has 4 heterocycles. The van der Waals surface area contributed by atoms with Crippen LogP contribution in [0, 0.1) is 6.92 Å². The van der Waals surface area contributed by atoms with Gasteiger partial charge in [0.05, 0.1) is 49.0 Å². The van der Waals surface area contributed by atoms with Gasteiger partial charge in [-0.25, -0.2) is 16.8 Å². The Balaban J connectivity index is 1.59. The SMILES string of the molecule is Cc1cc(S(=O)(=O)N(Cc2ccccn2)Cc2ccccn2)c(O)c(S(=O)(=O)N(Cc2ccccn2)Cc2ccccn2)c1. The maximum absolute atomic E-state index is 14.2. The van der Waals surface area contributed by atoms with Gasteiger partial charge in [0.15, 0.2) is 5.75 Å². The van der Waals surface area contributed by atoms with Crippen molar-refractivity contribution in [1.82, 2.24) is 28.5 Å². The highest BCUT2D eigenvalue weighted by Gasteiger charge is 2.35. The summed E-state index contributed by atoms with van der Waals surface area (Å²) in [5.74, 6) is -0.880. The minimum atomic E-state index is -4.48. The van der Waals surface area contributed by atoms with E-state index in [1.807, 2.05) is 0 Å². The van der Waals surface area contributed by atoms with E-state index in [0.717, 1.165) is 8.61 Å². The minimum Gasteiger partial charge on any atom is -0.505 e. The van der Waals surface area contributed by atoms with Gasteiger partial charge >= 0.3 is 0 Å². The van der Waals surface area contributed by atoms with Crippen LogP contribution in [-0.2, 0) is 46.2 Å². The van der Waals surface area contributed by atoms with E-state index in [1.54, 1.807) is 105 Å². The number of pyridine rings is 4. The second-order valence-corrected chi connectivity index (χ2v) is 13.8. The van der Waals surface area contributed by atoms with E-state index in [-0.39, 0.29) is 26.2 Å². The predicted molar refractivity (Wildman–Crippen MR) is 163 cm³/mol. The number of phenols is 1. The molecule has 0 radical (unpaired) electrons. The first-order chi connectivity index (χ1) is 21.1. The van der Waals surface area contributed by atoms with Crippen LogP contribution in [-0.4, -0.2) is 50.5 Å². The van der Waals surface area contributed by atoms with Crippen molar-refractivity contribution in [2.24, 2.45) is 0 Å². The highest BCUT2D eigenvalue weighted by atomic mass is 32.2. The third kappa shape index (κ3) is 7.14. The number of benzene rings is 1. The summed E-state index contributed by atoms with van der Waals surface area (Å²) < 4.78 is 59.1. The largest absolute Gasteiger partial charge is 0.505 e. The Hall–Kier alpha value is -4.56. The summed E-state index contributed by atoms with van der Waals surface area (Å²) in [6.45, 7) is 1.02. The molecule has 5 aromatic rings. The molecule has 11 nitrogen and oxygen atoms in total. The summed E-state index contributed by atoms with van der Waals surface area (Å²) >= 11 is 0. The van der Waals surface area contributed by atoms with E-state index in [4.69, 9.17) is 0 Å². The first-order valence-corrected chi connectivity index (χ1v) is 16.5. The fourth-order valence-corrected chi connectivity index (χ4v) is 7.73. The number of rotatable bonds is 12. The molecular formula is C31H30N6O5S2. The summed E-state index contributed by atoms with van der Waals surface area (Å²) in [4.78, 5) is 16.0. The molecule has 0 saturated carbocycles. The van der Waals surface area contributed by atoms with Crippen LogP contribution in [0.1, 0.15) is 28.3 Å². The Morgan fingerprint density at radius 2 is 0.841 bits per heavy atom. The topological polar surface area (TPSA) is 147 Å². The van der Waals surface area contributed by atoms with Crippen molar-refractivity contribution in [1.29, 1.82) is 0 Å². The highest BCUT2D eigenvalue weighted by Crippen LogP contribution is 2.36. The van der Waals surface area contributed by atoms with Crippen LogP contribution in [0.2, 0.25) is 0 Å². The molecule has 1 N–H and O–H groups in total. The standard InChI is InChI=1S/C31H30N6O5S2/c1-24-18-29(43(39,40)36(20-25-10-2-6-14-32-25)21-26-11-3-7-15-33-26)31(38)30(19-24)44(41,42)37(22-27-12-4-8-16-34-27)23-28-13-5-9-17-35-28/h2-19,38H,20-23H2,1H3. The fourth-order valence-electron chi connectivity index (χ4n) is 4.53. The summed E-state index contributed by atoms with van der Waals surface area (Å²) in [6.07, 6.45) is 6.20. The normalized spacial score (nSPS) is 12.1. The van der Waals surface area contributed by atoms with Gasteiger partial charge < -0.3 is 5.11 Å². The molecule has 226 valence electrons. The van der Waals surface area contributed by atoms with E-state index in [9.17, 15) is 21.9 Å². The number of nitrogens with zero attached hydrogens (tertiary/aromatic N) is 6. The van der Waals surface area contributed by atoms with Crippen LogP contribution >= 0.6 is 0 Å². The molecule has 0 spiro atoms. The van der Waals surface area contributed by atoms with Crippen LogP contribution in [0.5, 0.6) is 5.75 Å². The Morgan fingerprint density at radius 3 is 1.09 bits per heavy atom. The zero-order chi connectivity index (χ0) is 31.2. The van der Waals surface area contributed by atoms with Gasteiger partial charge in [0.2, 0.25) is 20.0 Å². The first-order valence-electron chi connectivity index (χ1n) is 13.6. The molecule has 0 atom stereocenters. The van der Waals surface area contributed by atoms with Crippen molar-refractivity contribution in [3.8, 4) is 5.75 Å². The molecule has 0 aliphatic rings. The van der Waals surface area contributed by atoms with Crippen LogP contribution in [0.15, 0.2) is 120 Å². The lowest BCUT2D eigenvalue weighted by Crippen LogP contribution is -2.33. The molecule has 4 aromatic heterocycles. The molecule has 0 amide bonds. The van der Waals surface area contributed by atoms with Gasteiger partial charge in [-0.3, -0.25) is 19.9 Å². The molecule has 0 bridgehead atoms. The monoisotopic (exact) mass is 630 g/mol. The molecule has 44 heavy (non-hydrogen) atoms. The zero-order valence-electron chi connectivity index (χ0n) is 23.8. The molecule has 0 aliphatic carbocycles. The Labute approximate surface area is 256 Å². The Bertz CT molecular complexity index is 1690. The number of phenolic OH excluding ortho intramolecular Hbond substituents is 1. The average Bonchev–Trinajstić information content (AvgIpc) is 3.03. The average molecular weight is 631 g/mol. The molecule has 0 unspecified atom stereocenters. The lowest BCUT2D eigenvalue weighted by Gasteiger charge is -2.25. The third-order valence-corrected chi connectivity index (χ3v) is 10.3. The fraction of sp³-hybridized carbons (Fsp3) is 0.161. The van der Waals surface area contributed by atoms with E-state index in [0.29, 0.717) is 28.3 Å². The van der Waals surface area contributed by atoms with Gasteiger partial charge in [0.25, 0.3) is 0 Å². The number of hydrogen-bond acceptors (Lipinski definition) is 9. The summed E-state index contributed by atoms with van der Waals surface area (Å²) in [7, 11) is -8.96. The maximum atomic E-state index is 14.2. The minimum absolute atomic E-state index is 0.138. The van der Waals surface area contributed by atoms with Crippen LogP contribution in [0.4, 0.5) is 0 Å². The predicted octanol–water partition coefficient (Wildman–Crippen LogP) is 4.06. The molecule has 0 aliphatic heterocycles. The van der Waals surface area contributed by atoms with Crippen molar-refractivity contribution in [2.45, 2.75) is 42.9 Å². The van der Waals surface area contributed by atoms with E-state index in [2.05, 4.69) is 19.9 Å². The van der Waals surface area contributed by atoms with Gasteiger partial charge in [-0.1, -0.05) is 24.3 Å². The molecular weight excluding hydrogens is 601 g/mol. The third-order valence-electron chi connectivity index (χ3n) is 6.68. The first kappa shape index (κ1) is 30.9. The highest BCUT2D eigenvalue weighted by molar-refractivity contribution is 7.90. The summed E-state index contributed by atoms with van der Waals surface area (Å²) in [5.41, 5.74) is 2.17. The van der Waals surface area contributed by atoms with E-state index in [1.165, 1.54) is 12.1 Å². The lowest BCUT2D eigenvalue weighted by molar-refractivity contribution is 0.378. The van der Waals surface area contributed by atoms with E-state index >= 15 is 0 Å². The Morgan fingerprint density at radius 1 is 0.545 bits per heavy atom. The van der Waals surface area contributed by atoms with Crippen molar-refractivity contribution in [3.05, 3.63) is 138 Å². The van der Waals surface area contributed by atoms with E-state index < -0.39 is 35.6 Å². The smallest absolute Gasteiger partial charge is 0.247 e. The van der Waals surface area contributed by atoms with Crippen molar-refractivity contribution in [2.75, 3.05) is 0 Å². The summed E-state index contributed by atoms with van der Waals surface area (Å²) in [5, 5.41) is 11.5. The number of sulfonamides is 2. The van der Waals surface area contributed by atoms with Crippen molar-refractivity contribution in [3.63, 3.8) is 0 Å². The van der Waals surface area contributed by atoms with Crippen LogP contribution in [0.3, 0.4) is 0 Å². The van der Waals surface area contributed by atoms with Crippen LogP contribution < -0.4 is 0 Å².